The van der Waals surface area contributed by atoms with E-state index in [4.69, 9.17) is 15.7 Å². The van der Waals surface area contributed by atoms with Crippen molar-refractivity contribution in [2.45, 2.75) is 25.8 Å². The highest BCUT2D eigenvalue weighted by Crippen LogP contribution is 2.22. The highest BCUT2D eigenvalue weighted by molar-refractivity contribution is 5.76. The minimum Gasteiger partial charge on any atom is -0.491 e. The van der Waals surface area contributed by atoms with Crippen molar-refractivity contribution in [3.05, 3.63) is 29.8 Å². The summed E-state index contributed by atoms with van der Waals surface area (Å²) in [7, 11) is 0. The Labute approximate surface area is 125 Å². The number of nitrogens with zero attached hydrogens (tertiary/aromatic N) is 2. The van der Waals surface area contributed by atoms with Crippen LogP contribution in [0.1, 0.15) is 25.3 Å². The summed E-state index contributed by atoms with van der Waals surface area (Å²) < 4.78 is 5.69. The van der Waals surface area contributed by atoms with Crippen LogP contribution in [0.4, 0.5) is 0 Å². The number of carbonyl (C=O) groups is 1. The van der Waals surface area contributed by atoms with Crippen LogP contribution in [0.15, 0.2) is 24.3 Å². The second-order valence-corrected chi connectivity index (χ2v) is 5.48. The number of rotatable bonds is 5. The summed E-state index contributed by atoms with van der Waals surface area (Å²) in [6, 6.07) is 9.74. The summed E-state index contributed by atoms with van der Waals surface area (Å²) in [5, 5.41) is 9.01. The number of piperidine rings is 1. The van der Waals surface area contributed by atoms with Gasteiger partial charge in [0.15, 0.2) is 0 Å². The molecule has 5 heteroatoms. The molecule has 21 heavy (non-hydrogen) atoms. The van der Waals surface area contributed by atoms with Crippen molar-refractivity contribution in [1.82, 2.24) is 4.90 Å². The second-order valence-electron chi connectivity index (χ2n) is 5.48. The van der Waals surface area contributed by atoms with Gasteiger partial charge in [0.2, 0.25) is 5.91 Å². The molecule has 0 aliphatic carbocycles. The first-order valence-corrected chi connectivity index (χ1v) is 7.27. The summed E-state index contributed by atoms with van der Waals surface area (Å²) in [4.78, 5) is 13.5. The van der Waals surface area contributed by atoms with Gasteiger partial charge in [-0.25, -0.2) is 0 Å². The molecule has 2 atom stereocenters. The monoisotopic (exact) mass is 287 g/mol. The van der Waals surface area contributed by atoms with Crippen LogP contribution in [-0.2, 0) is 4.79 Å². The van der Waals surface area contributed by atoms with Gasteiger partial charge >= 0.3 is 0 Å². The lowest BCUT2D eigenvalue weighted by Gasteiger charge is -2.36. The molecule has 0 spiro atoms. The molecule has 5 nitrogen and oxygen atoms in total. The van der Waals surface area contributed by atoms with Crippen LogP contribution in [-0.4, -0.2) is 36.5 Å². The zero-order valence-corrected chi connectivity index (χ0v) is 12.3. The topological polar surface area (TPSA) is 79.3 Å². The third kappa shape index (κ3) is 3.96. The van der Waals surface area contributed by atoms with Gasteiger partial charge in [0, 0.05) is 19.1 Å². The smallest absolute Gasteiger partial charge is 0.221 e. The van der Waals surface area contributed by atoms with Crippen molar-refractivity contribution in [1.29, 1.82) is 5.26 Å². The molecular formula is C16H21N3O2. The Bertz CT molecular complexity index is 539. The van der Waals surface area contributed by atoms with Crippen molar-refractivity contribution in [2.75, 3.05) is 19.7 Å². The van der Waals surface area contributed by atoms with Crippen LogP contribution in [0.25, 0.3) is 0 Å². The lowest BCUT2D eigenvalue weighted by Crippen LogP contribution is -2.47. The fourth-order valence-electron chi connectivity index (χ4n) is 2.68. The molecule has 0 radical (unpaired) electrons. The molecule has 0 bridgehead atoms. The van der Waals surface area contributed by atoms with E-state index in [9.17, 15) is 4.79 Å². The third-order valence-electron chi connectivity index (χ3n) is 4.06. The largest absolute Gasteiger partial charge is 0.491 e. The van der Waals surface area contributed by atoms with E-state index in [-0.39, 0.29) is 11.8 Å². The molecule has 1 saturated heterocycles. The maximum Gasteiger partial charge on any atom is 0.221 e. The van der Waals surface area contributed by atoms with Crippen molar-refractivity contribution >= 4 is 5.91 Å². The Morgan fingerprint density at radius 1 is 1.48 bits per heavy atom. The van der Waals surface area contributed by atoms with E-state index in [2.05, 4.69) is 17.9 Å². The van der Waals surface area contributed by atoms with Crippen molar-refractivity contribution in [2.24, 2.45) is 11.7 Å². The van der Waals surface area contributed by atoms with Gasteiger partial charge in [-0.2, -0.15) is 5.26 Å². The number of carbonyl (C=O) groups excluding carboxylic acids is 1. The van der Waals surface area contributed by atoms with E-state index in [1.54, 1.807) is 12.1 Å². The van der Waals surface area contributed by atoms with Crippen molar-refractivity contribution < 1.29 is 9.53 Å². The van der Waals surface area contributed by atoms with E-state index in [0.29, 0.717) is 30.5 Å². The summed E-state index contributed by atoms with van der Waals surface area (Å²) in [6.07, 6.45) is 1.84. The molecule has 0 saturated carbocycles. The Hall–Kier alpha value is -2.06. The number of para-hydroxylation sites is 1. The fraction of sp³-hybridized carbons (Fsp3) is 0.500. The normalized spacial score (nSPS) is 22.5. The average molecular weight is 287 g/mol. The van der Waals surface area contributed by atoms with E-state index in [0.717, 1.165) is 19.4 Å². The Kier molecular flexibility index (Phi) is 5.18. The molecule has 1 heterocycles. The highest BCUT2D eigenvalue weighted by atomic mass is 16.5. The minimum atomic E-state index is -0.220. The van der Waals surface area contributed by atoms with Gasteiger partial charge in [-0.05, 0) is 31.9 Å². The number of ether oxygens (including phenoxy) is 1. The number of nitrogens with two attached hydrogens (primary N) is 1. The molecule has 1 aromatic rings. The Morgan fingerprint density at radius 2 is 2.24 bits per heavy atom. The van der Waals surface area contributed by atoms with Crippen LogP contribution in [0.2, 0.25) is 0 Å². The van der Waals surface area contributed by atoms with E-state index < -0.39 is 0 Å². The van der Waals surface area contributed by atoms with Crippen molar-refractivity contribution in [3.63, 3.8) is 0 Å². The zero-order valence-electron chi connectivity index (χ0n) is 12.3. The average Bonchev–Trinajstić information content (AvgIpc) is 2.49. The molecule has 1 aliphatic rings. The number of likely N-dealkylation sites (tertiary alicyclic amines) is 1. The maximum atomic E-state index is 11.3. The molecule has 1 amide bonds. The summed E-state index contributed by atoms with van der Waals surface area (Å²) in [5.74, 6) is 0.325. The fourth-order valence-corrected chi connectivity index (χ4v) is 2.68. The highest BCUT2D eigenvalue weighted by Gasteiger charge is 2.28. The molecule has 0 aromatic heterocycles. The second kappa shape index (κ2) is 7.09. The van der Waals surface area contributed by atoms with Gasteiger partial charge in [0.1, 0.15) is 18.4 Å². The van der Waals surface area contributed by atoms with Gasteiger partial charge in [-0.15, -0.1) is 0 Å². The summed E-state index contributed by atoms with van der Waals surface area (Å²) in [6.45, 7) is 4.07. The van der Waals surface area contributed by atoms with E-state index in [1.165, 1.54) is 0 Å². The molecule has 2 N–H and O–H groups in total. The number of hydrogen-bond acceptors (Lipinski definition) is 4. The van der Waals surface area contributed by atoms with Gasteiger partial charge < -0.3 is 10.5 Å². The predicted octanol–water partition coefficient (Wildman–Crippen LogP) is 1.52. The lowest BCUT2D eigenvalue weighted by molar-refractivity contribution is -0.124. The number of primary amides is 1. The first kappa shape index (κ1) is 15.3. The van der Waals surface area contributed by atoms with Gasteiger partial charge in [0.05, 0.1) is 11.5 Å². The lowest BCUT2D eigenvalue weighted by atomic mass is 9.93. The molecule has 1 aromatic carbocycles. The van der Waals surface area contributed by atoms with Crippen LogP contribution < -0.4 is 10.5 Å². The first-order valence-electron chi connectivity index (χ1n) is 7.27. The number of nitriles is 1. The standard InChI is InChI=1S/C16H21N3O2/c1-12-6-7-14(16(18)20)11-19(12)8-9-21-15-5-3-2-4-13(15)10-17/h2-5,12,14H,6-9,11H2,1H3,(H2,18,20). The molecule has 2 rings (SSSR count). The minimum absolute atomic E-state index is 0.0624. The number of amides is 1. The van der Waals surface area contributed by atoms with E-state index >= 15 is 0 Å². The van der Waals surface area contributed by atoms with Crippen LogP contribution in [0, 0.1) is 17.2 Å². The van der Waals surface area contributed by atoms with Crippen LogP contribution in [0.3, 0.4) is 0 Å². The molecule has 1 aliphatic heterocycles. The van der Waals surface area contributed by atoms with Crippen LogP contribution >= 0.6 is 0 Å². The Balaban J connectivity index is 1.87. The quantitative estimate of drug-likeness (QED) is 0.890. The molecular weight excluding hydrogens is 266 g/mol. The Morgan fingerprint density at radius 3 is 2.95 bits per heavy atom. The molecule has 112 valence electrons. The summed E-state index contributed by atoms with van der Waals surface area (Å²) >= 11 is 0. The van der Waals surface area contributed by atoms with E-state index in [1.807, 2.05) is 12.1 Å². The maximum absolute atomic E-state index is 11.3. The van der Waals surface area contributed by atoms with Gasteiger partial charge in [0.25, 0.3) is 0 Å². The third-order valence-corrected chi connectivity index (χ3v) is 4.06. The van der Waals surface area contributed by atoms with Gasteiger partial charge in [-0.1, -0.05) is 12.1 Å². The van der Waals surface area contributed by atoms with Crippen LogP contribution in [0.5, 0.6) is 5.75 Å². The SMILES string of the molecule is CC1CCC(C(N)=O)CN1CCOc1ccccc1C#N. The first-order chi connectivity index (χ1) is 10.1. The number of hydrogen-bond donors (Lipinski definition) is 1. The summed E-state index contributed by atoms with van der Waals surface area (Å²) in [5.41, 5.74) is 5.94. The predicted molar refractivity (Wildman–Crippen MR) is 79.6 cm³/mol. The number of benzene rings is 1. The zero-order chi connectivity index (χ0) is 15.2. The molecule has 2 unspecified atom stereocenters. The van der Waals surface area contributed by atoms with Gasteiger partial charge in [-0.3, -0.25) is 9.69 Å². The molecule has 1 fully saturated rings. The van der Waals surface area contributed by atoms with Crippen molar-refractivity contribution in [3.8, 4) is 11.8 Å².